The van der Waals surface area contributed by atoms with Gasteiger partial charge in [0.2, 0.25) is 0 Å². The molecule has 21 heavy (non-hydrogen) atoms. The summed E-state index contributed by atoms with van der Waals surface area (Å²) < 4.78 is 0. The predicted molar refractivity (Wildman–Crippen MR) is 79.4 cm³/mol. The SMILES string of the molecule is CC1(C)CCC(c2nc3c(c(C(=O)O)n2)CCNC3)CC1. The van der Waals surface area contributed by atoms with Gasteiger partial charge in [0.15, 0.2) is 5.69 Å². The highest BCUT2D eigenvalue weighted by Gasteiger charge is 2.31. The quantitative estimate of drug-likeness (QED) is 0.875. The van der Waals surface area contributed by atoms with Crippen LogP contribution in [0.4, 0.5) is 0 Å². The maximum Gasteiger partial charge on any atom is 0.354 e. The van der Waals surface area contributed by atoms with Crippen molar-refractivity contribution in [1.82, 2.24) is 15.3 Å². The molecular formula is C16H23N3O2. The number of carboxylic acid groups (broad SMARTS) is 1. The summed E-state index contributed by atoms with van der Waals surface area (Å²) in [7, 11) is 0. The van der Waals surface area contributed by atoms with Gasteiger partial charge in [-0.25, -0.2) is 14.8 Å². The van der Waals surface area contributed by atoms with Crippen LogP contribution in [0.1, 0.15) is 73.0 Å². The van der Waals surface area contributed by atoms with Crippen LogP contribution in [0.15, 0.2) is 0 Å². The molecule has 0 bridgehead atoms. The third kappa shape index (κ3) is 2.93. The van der Waals surface area contributed by atoms with Crippen molar-refractivity contribution in [2.24, 2.45) is 5.41 Å². The largest absolute Gasteiger partial charge is 0.477 e. The molecule has 5 nitrogen and oxygen atoms in total. The molecule has 114 valence electrons. The van der Waals surface area contributed by atoms with Crippen LogP contribution in [-0.2, 0) is 13.0 Å². The molecule has 1 aromatic rings. The normalized spacial score (nSPS) is 21.8. The molecule has 1 aromatic heterocycles. The van der Waals surface area contributed by atoms with E-state index in [-0.39, 0.29) is 5.69 Å². The summed E-state index contributed by atoms with van der Waals surface area (Å²) in [5, 5.41) is 12.7. The van der Waals surface area contributed by atoms with Gasteiger partial charge in [-0.1, -0.05) is 13.8 Å². The van der Waals surface area contributed by atoms with Crippen molar-refractivity contribution >= 4 is 5.97 Å². The summed E-state index contributed by atoms with van der Waals surface area (Å²) >= 11 is 0. The van der Waals surface area contributed by atoms with Crippen LogP contribution in [0.5, 0.6) is 0 Å². The smallest absolute Gasteiger partial charge is 0.354 e. The van der Waals surface area contributed by atoms with Crippen LogP contribution < -0.4 is 5.32 Å². The number of rotatable bonds is 2. The van der Waals surface area contributed by atoms with Crippen molar-refractivity contribution in [3.05, 3.63) is 22.8 Å². The number of carboxylic acids is 1. The first kappa shape index (κ1) is 14.4. The molecule has 5 heteroatoms. The number of carbonyl (C=O) groups is 1. The van der Waals surface area contributed by atoms with Crippen molar-refractivity contribution in [2.75, 3.05) is 6.54 Å². The molecule has 0 amide bonds. The molecule has 0 radical (unpaired) electrons. The lowest BCUT2D eigenvalue weighted by molar-refractivity contribution is 0.0687. The fourth-order valence-electron chi connectivity index (χ4n) is 3.40. The lowest BCUT2D eigenvalue weighted by Gasteiger charge is -2.34. The minimum absolute atomic E-state index is 0.223. The second kappa shape index (κ2) is 5.37. The Labute approximate surface area is 125 Å². The number of aromatic nitrogens is 2. The summed E-state index contributed by atoms with van der Waals surface area (Å²) in [5.41, 5.74) is 2.32. The van der Waals surface area contributed by atoms with Gasteiger partial charge in [0.25, 0.3) is 0 Å². The molecular weight excluding hydrogens is 266 g/mol. The van der Waals surface area contributed by atoms with E-state index >= 15 is 0 Å². The van der Waals surface area contributed by atoms with Crippen molar-refractivity contribution in [3.63, 3.8) is 0 Å². The highest BCUT2D eigenvalue weighted by atomic mass is 16.4. The first-order chi connectivity index (χ1) is 9.96. The van der Waals surface area contributed by atoms with E-state index in [0.29, 0.717) is 24.3 Å². The maximum absolute atomic E-state index is 11.5. The van der Waals surface area contributed by atoms with Crippen LogP contribution >= 0.6 is 0 Å². The van der Waals surface area contributed by atoms with Gasteiger partial charge in [-0.05, 0) is 44.1 Å². The summed E-state index contributed by atoms with van der Waals surface area (Å²) in [6.07, 6.45) is 5.11. The Balaban J connectivity index is 1.93. The van der Waals surface area contributed by atoms with Gasteiger partial charge < -0.3 is 10.4 Å². The summed E-state index contributed by atoms with van der Waals surface area (Å²) in [4.78, 5) is 20.6. The number of nitrogens with one attached hydrogen (secondary N) is 1. The van der Waals surface area contributed by atoms with E-state index in [0.717, 1.165) is 49.3 Å². The summed E-state index contributed by atoms with van der Waals surface area (Å²) in [6.45, 7) is 6.05. The monoisotopic (exact) mass is 289 g/mol. The molecule has 1 fully saturated rings. The standard InChI is InChI=1S/C16H23N3O2/c1-16(2)6-3-10(4-7-16)14-18-12-9-17-8-5-11(12)13(19-14)15(20)21/h10,17H,3-9H2,1-2H3,(H,20,21). The number of fused-ring (bicyclic) bond motifs is 1. The Morgan fingerprint density at radius 2 is 2.00 bits per heavy atom. The van der Waals surface area contributed by atoms with Crippen LogP contribution in [0, 0.1) is 5.41 Å². The average Bonchev–Trinajstić information content (AvgIpc) is 2.46. The van der Waals surface area contributed by atoms with Crippen LogP contribution in [0.2, 0.25) is 0 Å². The Kier molecular flexibility index (Phi) is 3.69. The van der Waals surface area contributed by atoms with E-state index < -0.39 is 5.97 Å². The van der Waals surface area contributed by atoms with Gasteiger partial charge in [-0.15, -0.1) is 0 Å². The van der Waals surface area contributed by atoms with Gasteiger partial charge in [-0.2, -0.15) is 0 Å². The van der Waals surface area contributed by atoms with E-state index in [2.05, 4.69) is 24.1 Å². The van der Waals surface area contributed by atoms with Gasteiger partial charge in [0.05, 0.1) is 5.69 Å². The Bertz CT molecular complexity index is 559. The third-order valence-electron chi connectivity index (χ3n) is 4.86. The van der Waals surface area contributed by atoms with Gasteiger partial charge in [-0.3, -0.25) is 0 Å². The highest BCUT2D eigenvalue weighted by Crippen LogP contribution is 2.41. The number of hydrogen-bond donors (Lipinski definition) is 2. The predicted octanol–water partition coefficient (Wildman–Crippen LogP) is 2.50. The molecule has 0 aromatic carbocycles. The molecule has 1 saturated carbocycles. The zero-order valence-corrected chi connectivity index (χ0v) is 12.8. The number of nitrogens with zero attached hydrogens (tertiary/aromatic N) is 2. The van der Waals surface area contributed by atoms with Gasteiger partial charge in [0, 0.05) is 18.0 Å². The molecule has 1 aliphatic carbocycles. The highest BCUT2D eigenvalue weighted by molar-refractivity contribution is 5.87. The molecule has 0 unspecified atom stereocenters. The molecule has 2 N–H and O–H groups in total. The van der Waals surface area contributed by atoms with Crippen molar-refractivity contribution in [3.8, 4) is 0 Å². The molecule has 1 aliphatic heterocycles. The fourth-order valence-corrected chi connectivity index (χ4v) is 3.40. The molecule has 0 saturated heterocycles. The Morgan fingerprint density at radius 3 is 2.67 bits per heavy atom. The van der Waals surface area contributed by atoms with Gasteiger partial charge in [0.1, 0.15) is 5.82 Å². The third-order valence-corrected chi connectivity index (χ3v) is 4.86. The average molecular weight is 289 g/mol. The second-order valence-electron chi connectivity index (χ2n) is 7.03. The zero-order valence-electron chi connectivity index (χ0n) is 12.8. The number of hydrogen-bond acceptors (Lipinski definition) is 4. The first-order valence-electron chi connectivity index (χ1n) is 7.80. The van der Waals surface area contributed by atoms with Crippen molar-refractivity contribution in [1.29, 1.82) is 0 Å². The summed E-state index contributed by atoms with van der Waals surface area (Å²) in [6, 6.07) is 0. The molecule has 3 rings (SSSR count). The maximum atomic E-state index is 11.5. The van der Waals surface area contributed by atoms with Gasteiger partial charge >= 0.3 is 5.97 Å². The first-order valence-corrected chi connectivity index (χ1v) is 7.80. The molecule has 2 heterocycles. The van der Waals surface area contributed by atoms with Crippen LogP contribution in [0.25, 0.3) is 0 Å². The minimum atomic E-state index is -0.923. The van der Waals surface area contributed by atoms with E-state index in [1.165, 1.54) is 0 Å². The molecule has 0 atom stereocenters. The lowest BCUT2D eigenvalue weighted by atomic mass is 9.73. The Morgan fingerprint density at radius 1 is 1.29 bits per heavy atom. The Hall–Kier alpha value is -1.49. The van der Waals surface area contributed by atoms with Crippen LogP contribution in [0.3, 0.4) is 0 Å². The minimum Gasteiger partial charge on any atom is -0.477 e. The van der Waals surface area contributed by atoms with Crippen molar-refractivity contribution < 1.29 is 9.90 Å². The van der Waals surface area contributed by atoms with E-state index in [1.807, 2.05) is 0 Å². The second-order valence-corrected chi connectivity index (χ2v) is 7.03. The fraction of sp³-hybridized carbons (Fsp3) is 0.688. The zero-order chi connectivity index (χ0) is 15.0. The lowest BCUT2D eigenvalue weighted by Crippen LogP contribution is -2.29. The van der Waals surface area contributed by atoms with E-state index in [9.17, 15) is 9.90 Å². The molecule has 0 spiro atoms. The number of aromatic carboxylic acids is 1. The summed E-state index contributed by atoms with van der Waals surface area (Å²) in [5.74, 6) is 0.127. The molecule has 2 aliphatic rings. The van der Waals surface area contributed by atoms with E-state index in [1.54, 1.807) is 0 Å². The van der Waals surface area contributed by atoms with E-state index in [4.69, 9.17) is 4.98 Å². The topological polar surface area (TPSA) is 75.1 Å². The van der Waals surface area contributed by atoms with Crippen molar-refractivity contribution in [2.45, 2.75) is 58.4 Å². The van der Waals surface area contributed by atoms with Crippen LogP contribution in [-0.4, -0.2) is 27.6 Å².